The molecular weight excluding hydrogens is 484 g/mol. The molecule has 0 aliphatic rings. The van der Waals surface area contributed by atoms with Crippen molar-refractivity contribution in [2.45, 2.75) is 187 Å². The van der Waals surface area contributed by atoms with E-state index < -0.39 is 11.9 Å². The van der Waals surface area contributed by atoms with Crippen molar-refractivity contribution in [2.75, 3.05) is 6.61 Å². The molecule has 0 heterocycles. The minimum atomic E-state index is -0.874. The van der Waals surface area contributed by atoms with E-state index in [0.29, 0.717) is 13.0 Å². The van der Waals surface area contributed by atoms with E-state index in [1.165, 1.54) is 141 Å². The third-order valence-electron chi connectivity index (χ3n) is 7.77. The van der Waals surface area contributed by atoms with Crippen molar-refractivity contribution in [1.29, 1.82) is 0 Å². The molecule has 0 amide bonds. The molecule has 0 aliphatic carbocycles. The monoisotopic (exact) mass is 550 g/mol. The molecular formula is C35H66O4. The SMILES string of the molecule is CCC/C=C/CCCCCCCCCCCCCCCCCCCCCCCC(CC(=O)OCCC)C(=O)O. The minimum Gasteiger partial charge on any atom is -0.481 e. The highest BCUT2D eigenvalue weighted by Crippen LogP contribution is 2.18. The Labute approximate surface area is 243 Å². The molecule has 0 aromatic rings. The number of unbranched alkanes of at least 4 members (excludes halogenated alkanes) is 22. The van der Waals surface area contributed by atoms with Gasteiger partial charge in [-0.25, -0.2) is 0 Å². The number of hydrogen-bond acceptors (Lipinski definition) is 3. The summed E-state index contributed by atoms with van der Waals surface area (Å²) in [5.41, 5.74) is 0. The van der Waals surface area contributed by atoms with Crippen LogP contribution in [0.2, 0.25) is 0 Å². The lowest BCUT2D eigenvalue weighted by atomic mass is 9.97. The summed E-state index contributed by atoms with van der Waals surface area (Å²) in [5, 5.41) is 9.33. The van der Waals surface area contributed by atoms with E-state index in [1.54, 1.807) is 0 Å². The second kappa shape index (κ2) is 31.2. The number of allylic oxidation sites excluding steroid dienone is 2. The molecule has 0 aromatic carbocycles. The van der Waals surface area contributed by atoms with E-state index in [2.05, 4.69) is 19.1 Å². The largest absolute Gasteiger partial charge is 0.481 e. The summed E-state index contributed by atoms with van der Waals surface area (Å²) in [6.45, 7) is 4.55. The molecule has 0 fully saturated rings. The Morgan fingerprint density at radius 3 is 1.33 bits per heavy atom. The van der Waals surface area contributed by atoms with Crippen LogP contribution in [0.15, 0.2) is 12.2 Å². The molecule has 4 heteroatoms. The molecule has 39 heavy (non-hydrogen) atoms. The zero-order valence-electron chi connectivity index (χ0n) is 26.2. The van der Waals surface area contributed by atoms with Crippen molar-refractivity contribution in [3.05, 3.63) is 12.2 Å². The first kappa shape index (κ1) is 37.7. The first-order valence-electron chi connectivity index (χ1n) is 17.1. The third-order valence-corrected chi connectivity index (χ3v) is 7.77. The summed E-state index contributed by atoms with van der Waals surface area (Å²) in [6.07, 6.45) is 38.0. The number of carboxylic acid groups (broad SMARTS) is 1. The summed E-state index contributed by atoms with van der Waals surface area (Å²) >= 11 is 0. The first-order chi connectivity index (χ1) is 19.1. The second-order valence-corrected chi connectivity index (χ2v) is 11.7. The van der Waals surface area contributed by atoms with E-state index in [9.17, 15) is 14.7 Å². The standard InChI is InChI=1S/C35H66O4/c1-3-5-6-7-8-9-10-11-12-13-14-15-16-17-18-19-20-21-22-23-24-25-26-27-28-29-30-33(35(37)38)32-34(36)39-31-4-2/h6-7,33H,3-5,8-32H2,1-2H3,(H,37,38)/b7-6+. The van der Waals surface area contributed by atoms with Gasteiger partial charge in [-0.05, 0) is 32.1 Å². The van der Waals surface area contributed by atoms with Gasteiger partial charge in [-0.3, -0.25) is 9.59 Å². The smallest absolute Gasteiger partial charge is 0.307 e. The molecule has 0 saturated carbocycles. The van der Waals surface area contributed by atoms with Crippen LogP contribution in [-0.4, -0.2) is 23.7 Å². The lowest BCUT2D eigenvalue weighted by Crippen LogP contribution is -2.19. The van der Waals surface area contributed by atoms with Crippen molar-refractivity contribution in [2.24, 2.45) is 5.92 Å². The van der Waals surface area contributed by atoms with Gasteiger partial charge in [0.25, 0.3) is 0 Å². The van der Waals surface area contributed by atoms with Crippen molar-refractivity contribution in [3.63, 3.8) is 0 Å². The van der Waals surface area contributed by atoms with Gasteiger partial charge in [-0.1, -0.05) is 161 Å². The molecule has 0 aliphatic heterocycles. The maximum absolute atomic E-state index is 11.7. The van der Waals surface area contributed by atoms with E-state index in [1.807, 2.05) is 6.92 Å². The van der Waals surface area contributed by atoms with Crippen LogP contribution in [0.4, 0.5) is 0 Å². The normalized spacial score (nSPS) is 12.3. The Bertz CT molecular complexity index is 557. The lowest BCUT2D eigenvalue weighted by molar-refractivity contribution is -0.151. The number of rotatable bonds is 31. The highest BCUT2D eigenvalue weighted by Gasteiger charge is 2.21. The fraction of sp³-hybridized carbons (Fsp3) is 0.886. The van der Waals surface area contributed by atoms with Crippen LogP contribution in [0.25, 0.3) is 0 Å². The molecule has 0 aromatic heterocycles. The lowest BCUT2D eigenvalue weighted by Gasteiger charge is -2.11. The average Bonchev–Trinajstić information content (AvgIpc) is 2.93. The van der Waals surface area contributed by atoms with Crippen LogP contribution in [0, 0.1) is 5.92 Å². The zero-order valence-corrected chi connectivity index (χ0v) is 26.2. The van der Waals surface area contributed by atoms with Crippen LogP contribution < -0.4 is 0 Å². The van der Waals surface area contributed by atoms with Crippen molar-refractivity contribution in [3.8, 4) is 0 Å². The molecule has 230 valence electrons. The molecule has 0 spiro atoms. The third kappa shape index (κ3) is 29.5. The van der Waals surface area contributed by atoms with Crippen molar-refractivity contribution < 1.29 is 19.4 Å². The Hall–Kier alpha value is -1.32. The van der Waals surface area contributed by atoms with E-state index in [0.717, 1.165) is 19.3 Å². The number of aliphatic carboxylic acids is 1. The number of ether oxygens (including phenoxy) is 1. The topological polar surface area (TPSA) is 63.6 Å². The van der Waals surface area contributed by atoms with Gasteiger partial charge in [-0.15, -0.1) is 0 Å². The van der Waals surface area contributed by atoms with Gasteiger partial charge in [0.1, 0.15) is 0 Å². The number of carbonyl (C=O) groups is 2. The fourth-order valence-corrected chi connectivity index (χ4v) is 5.20. The second-order valence-electron chi connectivity index (χ2n) is 11.7. The number of carboxylic acids is 1. The minimum absolute atomic E-state index is 0.00728. The van der Waals surface area contributed by atoms with Gasteiger partial charge in [0.05, 0.1) is 18.9 Å². The van der Waals surface area contributed by atoms with Crippen LogP contribution >= 0.6 is 0 Å². The average molecular weight is 551 g/mol. The van der Waals surface area contributed by atoms with E-state index in [-0.39, 0.29) is 12.4 Å². The quantitative estimate of drug-likeness (QED) is 0.0529. The highest BCUT2D eigenvalue weighted by atomic mass is 16.5. The predicted octanol–water partition coefficient (Wildman–Crippen LogP) is 11.4. The Morgan fingerprint density at radius 1 is 0.564 bits per heavy atom. The summed E-state index contributed by atoms with van der Waals surface area (Å²) in [4.78, 5) is 23.1. The molecule has 0 saturated heterocycles. The Morgan fingerprint density at radius 2 is 0.949 bits per heavy atom. The predicted molar refractivity (Wildman–Crippen MR) is 167 cm³/mol. The van der Waals surface area contributed by atoms with Gasteiger partial charge in [0, 0.05) is 0 Å². The number of hydrogen-bond donors (Lipinski definition) is 1. The Balaban J connectivity index is 3.28. The zero-order chi connectivity index (χ0) is 28.7. The summed E-state index contributed by atoms with van der Waals surface area (Å²) < 4.78 is 5.03. The van der Waals surface area contributed by atoms with Crippen molar-refractivity contribution >= 4 is 11.9 Å². The maximum Gasteiger partial charge on any atom is 0.307 e. The van der Waals surface area contributed by atoms with Crippen LogP contribution in [-0.2, 0) is 14.3 Å². The summed E-state index contributed by atoms with van der Waals surface area (Å²) in [7, 11) is 0. The first-order valence-corrected chi connectivity index (χ1v) is 17.1. The summed E-state index contributed by atoms with van der Waals surface area (Å²) in [6, 6.07) is 0. The van der Waals surface area contributed by atoms with E-state index >= 15 is 0 Å². The number of carbonyl (C=O) groups excluding carboxylic acids is 1. The van der Waals surface area contributed by atoms with Crippen LogP contribution in [0.3, 0.4) is 0 Å². The van der Waals surface area contributed by atoms with Crippen molar-refractivity contribution in [1.82, 2.24) is 0 Å². The molecule has 0 radical (unpaired) electrons. The summed E-state index contributed by atoms with van der Waals surface area (Å²) in [5.74, 6) is -1.85. The van der Waals surface area contributed by atoms with Gasteiger partial charge in [0.15, 0.2) is 0 Å². The Kier molecular flexibility index (Phi) is 30.2. The molecule has 0 rings (SSSR count). The van der Waals surface area contributed by atoms with E-state index in [4.69, 9.17) is 4.74 Å². The van der Waals surface area contributed by atoms with Gasteiger partial charge in [-0.2, -0.15) is 0 Å². The highest BCUT2D eigenvalue weighted by molar-refractivity contribution is 5.78. The molecule has 1 unspecified atom stereocenters. The van der Waals surface area contributed by atoms with Crippen LogP contribution in [0.1, 0.15) is 187 Å². The fourth-order valence-electron chi connectivity index (χ4n) is 5.20. The number of esters is 1. The van der Waals surface area contributed by atoms with Gasteiger partial charge < -0.3 is 9.84 Å². The van der Waals surface area contributed by atoms with Crippen LogP contribution in [0.5, 0.6) is 0 Å². The molecule has 1 atom stereocenters. The van der Waals surface area contributed by atoms with Gasteiger partial charge >= 0.3 is 11.9 Å². The van der Waals surface area contributed by atoms with Gasteiger partial charge in [0.2, 0.25) is 0 Å². The molecule has 1 N–H and O–H groups in total. The molecule has 4 nitrogen and oxygen atoms in total. The molecule has 0 bridgehead atoms. The maximum atomic E-state index is 11.7.